The van der Waals surface area contributed by atoms with Gasteiger partial charge in [0.1, 0.15) is 0 Å². The summed E-state index contributed by atoms with van der Waals surface area (Å²) in [7, 11) is 5.67. The molecule has 1 atom stereocenters. The number of carbonyl (C=O) groups is 1. The third kappa shape index (κ3) is 3.38. The summed E-state index contributed by atoms with van der Waals surface area (Å²) >= 11 is 0. The van der Waals surface area contributed by atoms with E-state index in [0.29, 0.717) is 0 Å². The fraction of sp³-hybridized carbons (Fsp3) is 0.389. The number of nitrogens with zero attached hydrogens (tertiary/aromatic N) is 5. The van der Waals surface area contributed by atoms with Crippen LogP contribution in [0.25, 0.3) is 0 Å². The second kappa shape index (κ2) is 6.97. The Hall–Kier alpha value is -2.47. The molecule has 0 saturated carbocycles. The van der Waals surface area contributed by atoms with E-state index in [4.69, 9.17) is 0 Å². The van der Waals surface area contributed by atoms with E-state index in [1.165, 1.54) is 0 Å². The summed E-state index contributed by atoms with van der Waals surface area (Å²) in [6.45, 7) is 2.63. The normalized spacial score (nSPS) is 18.5. The van der Waals surface area contributed by atoms with Gasteiger partial charge in [-0.15, -0.1) is 0 Å². The number of aromatic nitrogens is 2. The fourth-order valence-electron chi connectivity index (χ4n) is 3.01. The molecule has 1 aromatic carbocycles. The Morgan fingerprint density at radius 3 is 2.62 bits per heavy atom. The molecule has 1 saturated heterocycles. The Bertz CT molecular complexity index is 704. The van der Waals surface area contributed by atoms with Gasteiger partial charge in [0.25, 0.3) is 5.91 Å². The highest BCUT2D eigenvalue weighted by Crippen LogP contribution is 2.26. The predicted molar refractivity (Wildman–Crippen MR) is 94.1 cm³/mol. The largest absolute Gasteiger partial charge is 0.345 e. The highest BCUT2D eigenvalue weighted by atomic mass is 16.2. The smallest absolute Gasteiger partial charge is 0.253 e. The summed E-state index contributed by atoms with van der Waals surface area (Å²) in [5.74, 6) is 0.787. The molecule has 0 bridgehead atoms. The molecule has 1 aliphatic rings. The predicted octanol–water partition coefficient (Wildman–Crippen LogP) is 1.67. The number of amides is 1. The van der Waals surface area contributed by atoms with Gasteiger partial charge in [-0.1, -0.05) is 12.1 Å². The van der Waals surface area contributed by atoms with Crippen LogP contribution in [0, 0.1) is 0 Å². The van der Waals surface area contributed by atoms with Gasteiger partial charge in [-0.05, 0) is 30.8 Å². The second-order valence-corrected chi connectivity index (χ2v) is 6.32. The van der Waals surface area contributed by atoms with Crippen LogP contribution in [0.15, 0.2) is 42.7 Å². The number of hydrogen-bond donors (Lipinski definition) is 0. The van der Waals surface area contributed by atoms with Gasteiger partial charge in [0, 0.05) is 51.7 Å². The molecule has 1 aliphatic heterocycles. The lowest BCUT2D eigenvalue weighted by Gasteiger charge is -2.39. The second-order valence-electron chi connectivity index (χ2n) is 6.32. The first-order valence-electron chi connectivity index (χ1n) is 8.10. The standard InChI is InChI=1S/C18H23N5O/c1-21(2)17(24)15-7-4-6-14(12-15)16-13-23(11-10-22(16)3)18-19-8-5-9-20-18/h4-9,12,16H,10-11,13H2,1-3H3/t16-/m1/s1. The summed E-state index contributed by atoms with van der Waals surface area (Å²) in [6, 6.07) is 9.94. The van der Waals surface area contributed by atoms with Gasteiger partial charge >= 0.3 is 0 Å². The van der Waals surface area contributed by atoms with E-state index in [-0.39, 0.29) is 11.9 Å². The average molecular weight is 325 g/mol. The molecule has 1 amide bonds. The van der Waals surface area contributed by atoms with Gasteiger partial charge in [0.05, 0.1) is 6.04 Å². The highest BCUT2D eigenvalue weighted by molar-refractivity contribution is 5.94. The zero-order valence-electron chi connectivity index (χ0n) is 14.4. The van der Waals surface area contributed by atoms with Crippen molar-refractivity contribution in [2.24, 2.45) is 0 Å². The van der Waals surface area contributed by atoms with E-state index in [0.717, 1.165) is 36.7 Å². The van der Waals surface area contributed by atoms with E-state index < -0.39 is 0 Å². The van der Waals surface area contributed by atoms with Crippen LogP contribution in [0.4, 0.5) is 5.95 Å². The first-order chi connectivity index (χ1) is 11.6. The van der Waals surface area contributed by atoms with Crippen molar-refractivity contribution in [2.45, 2.75) is 6.04 Å². The number of rotatable bonds is 3. The molecule has 2 aromatic rings. The first kappa shape index (κ1) is 16.4. The summed E-state index contributed by atoms with van der Waals surface area (Å²) in [4.78, 5) is 27.1. The number of benzene rings is 1. The van der Waals surface area contributed by atoms with Crippen LogP contribution in [-0.4, -0.2) is 66.5 Å². The summed E-state index contributed by atoms with van der Waals surface area (Å²) in [5.41, 5.74) is 1.87. The van der Waals surface area contributed by atoms with Gasteiger partial charge in [0.2, 0.25) is 5.95 Å². The summed E-state index contributed by atoms with van der Waals surface area (Å²) < 4.78 is 0. The van der Waals surface area contributed by atoms with Gasteiger partial charge in [-0.3, -0.25) is 9.69 Å². The van der Waals surface area contributed by atoms with Crippen LogP contribution in [0.2, 0.25) is 0 Å². The molecule has 2 heterocycles. The Balaban J connectivity index is 1.84. The topological polar surface area (TPSA) is 52.6 Å². The Labute approximate surface area is 142 Å². The molecule has 1 aromatic heterocycles. The third-order valence-corrected chi connectivity index (χ3v) is 4.41. The van der Waals surface area contributed by atoms with Crippen molar-refractivity contribution in [3.05, 3.63) is 53.9 Å². The van der Waals surface area contributed by atoms with E-state index in [1.807, 2.05) is 24.3 Å². The van der Waals surface area contributed by atoms with E-state index in [1.54, 1.807) is 31.4 Å². The van der Waals surface area contributed by atoms with Gasteiger partial charge in [-0.2, -0.15) is 0 Å². The van der Waals surface area contributed by atoms with Crippen molar-refractivity contribution in [3.8, 4) is 0 Å². The Kier molecular flexibility index (Phi) is 4.76. The third-order valence-electron chi connectivity index (χ3n) is 4.41. The zero-order valence-corrected chi connectivity index (χ0v) is 14.4. The minimum atomic E-state index is 0.0264. The van der Waals surface area contributed by atoms with Crippen molar-refractivity contribution in [1.29, 1.82) is 0 Å². The molecule has 3 rings (SSSR count). The van der Waals surface area contributed by atoms with Crippen LogP contribution in [0.3, 0.4) is 0 Å². The lowest BCUT2D eigenvalue weighted by atomic mass is 10.00. The maximum atomic E-state index is 12.2. The molecule has 126 valence electrons. The molecule has 0 spiro atoms. The molecule has 0 radical (unpaired) electrons. The van der Waals surface area contributed by atoms with Crippen molar-refractivity contribution >= 4 is 11.9 Å². The minimum Gasteiger partial charge on any atom is -0.345 e. The number of anilines is 1. The maximum Gasteiger partial charge on any atom is 0.253 e. The number of piperazine rings is 1. The first-order valence-corrected chi connectivity index (χ1v) is 8.10. The molecule has 0 unspecified atom stereocenters. The zero-order chi connectivity index (χ0) is 17.1. The molecular weight excluding hydrogens is 302 g/mol. The summed E-state index contributed by atoms with van der Waals surface area (Å²) in [5, 5.41) is 0. The lowest BCUT2D eigenvalue weighted by molar-refractivity contribution is 0.0827. The van der Waals surface area contributed by atoms with Gasteiger partial charge in [0.15, 0.2) is 0 Å². The number of carbonyl (C=O) groups excluding carboxylic acids is 1. The van der Waals surface area contributed by atoms with Gasteiger partial charge in [-0.25, -0.2) is 9.97 Å². The quantitative estimate of drug-likeness (QED) is 0.859. The maximum absolute atomic E-state index is 12.2. The van der Waals surface area contributed by atoms with Crippen LogP contribution < -0.4 is 4.90 Å². The van der Waals surface area contributed by atoms with E-state index in [2.05, 4.69) is 32.9 Å². The molecule has 6 nitrogen and oxygen atoms in total. The van der Waals surface area contributed by atoms with Crippen LogP contribution >= 0.6 is 0 Å². The molecule has 1 fully saturated rings. The van der Waals surface area contributed by atoms with Crippen LogP contribution in [0.1, 0.15) is 22.0 Å². The van der Waals surface area contributed by atoms with Gasteiger partial charge < -0.3 is 9.80 Å². The fourth-order valence-corrected chi connectivity index (χ4v) is 3.01. The van der Waals surface area contributed by atoms with E-state index in [9.17, 15) is 4.79 Å². The highest BCUT2D eigenvalue weighted by Gasteiger charge is 2.27. The molecule has 0 aliphatic carbocycles. The molecular formula is C18H23N5O. The van der Waals surface area contributed by atoms with Crippen molar-refractivity contribution < 1.29 is 4.79 Å². The lowest BCUT2D eigenvalue weighted by Crippen LogP contribution is -2.47. The summed E-state index contributed by atoms with van der Waals surface area (Å²) in [6.07, 6.45) is 3.54. The SMILES string of the molecule is CN(C)C(=O)c1cccc([C@H]2CN(c3ncccn3)CCN2C)c1. The van der Waals surface area contributed by atoms with Crippen LogP contribution in [-0.2, 0) is 0 Å². The van der Waals surface area contributed by atoms with Crippen LogP contribution in [0.5, 0.6) is 0 Å². The van der Waals surface area contributed by atoms with Crippen molar-refractivity contribution in [1.82, 2.24) is 19.8 Å². The monoisotopic (exact) mass is 325 g/mol. The number of likely N-dealkylation sites (N-methyl/N-ethyl adjacent to an activating group) is 1. The average Bonchev–Trinajstić information content (AvgIpc) is 2.62. The van der Waals surface area contributed by atoms with E-state index >= 15 is 0 Å². The van der Waals surface area contributed by atoms with Crippen molar-refractivity contribution in [3.63, 3.8) is 0 Å². The Morgan fingerprint density at radius 1 is 1.17 bits per heavy atom. The number of hydrogen-bond acceptors (Lipinski definition) is 5. The Morgan fingerprint density at radius 2 is 1.92 bits per heavy atom. The molecule has 24 heavy (non-hydrogen) atoms. The minimum absolute atomic E-state index is 0.0264. The van der Waals surface area contributed by atoms with Crippen molar-refractivity contribution in [2.75, 3.05) is 45.7 Å². The molecule has 0 N–H and O–H groups in total. The molecule has 6 heteroatoms.